The number of aliphatic hydroxyl groups is 1. The SMILES string of the molecule is N#Cc1cnc(NC2CC[CH-]CC2)nc1N[C@@H]1CCCC[C@H](O)C1.[CH3-].[U+2]. The van der Waals surface area contributed by atoms with E-state index in [1.165, 1.54) is 0 Å². The van der Waals surface area contributed by atoms with Crippen molar-refractivity contribution in [3.05, 3.63) is 25.6 Å². The molecule has 140 valence electrons. The summed E-state index contributed by atoms with van der Waals surface area (Å²) in [6, 6.07) is 2.71. The molecule has 0 radical (unpaired) electrons. The summed E-state index contributed by atoms with van der Waals surface area (Å²) < 4.78 is 0. The summed E-state index contributed by atoms with van der Waals surface area (Å²) in [5.74, 6) is 1.16. The standard InChI is InChI=1S/C18H26N5O.CH3.U/c19-11-13-12-20-18(22-14-6-2-1-3-7-14)23-17(13)21-15-8-4-5-9-16(24)10-15;;/h1,12,14-16,24H,2-10H2,(H2,20,21,22,23);1H3;/q2*-1;+2/t15-,16+;;/m1../s1. The molecule has 1 aromatic heterocycles. The van der Waals surface area contributed by atoms with Crippen LogP contribution in [0.3, 0.4) is 0 Å². The number of aliphatic hydroxyl groups excluding tert-OH is 1. The van der Waals surface area contributed by atoms with Crippen LogP contribution in [0.2, 0.25) is 0 Å². The molecule has 0 unspecified atom stereocenters. The van der Waals surface area contributed by atoms with Crippen molar-refractivity contribution in [1.29, 1.82) is 5.26 Å². The van der Waals surface area contributed by atoms with Crippen LogP contribution >= 0.6 is 0 Å². The van der Waals surface area contributed by atoms with Gasteiger partial charge in [0.1, 0.15) is 17.5 Å². The molecule has 0 bridgehead atoms. The molecule has 0 amide bonds. The second kappa shape index (κ2) is 11.8. The quantitative estimate of drug-likeness (QED) is 0.373. The number of rotatable bonds is 4. The molecule has 0 aliphatic heterocycles. The van der Waals surface area contributed by atoms with Gasteiger partial charge in [-0.05, 0) is 19.3 Å². The fourth-order valence-corrected chi connectivity index (χ4v) is 3.56. The van der Waals surface area contributed by atoms with Crippen LogP contribution in [0.5, 0.6) is 0 Å². The first-order valence-electron chi connectivity index (χ1n) is 9.04. The molecule has 2 atom stereocenters. The molecule has 26 heavy (non-hydrogen) atoms. The maximum Gasteiger partial charge on any atom is 2.00 e. The van der Waals surface area contributed by atoms with E-state index in [0.29, 0.717) is 29.8 Å². The van der Waals surface area contributed by atoms with Crippen LogP contribution in [0.15, 0.2) is 6.20 Å². The van der Waals surface area contributed by atoms with E-state index in [4.69, 9.17) is 0 Å². The third-order valence-corrected chi connectivity index (χ3v) is 4.92. The summed E-state index contributed by atoms with van der Waals surface area (Å²) in [4.78, 5) is 8.83. The molecule has 0 aromatic carbocycles. The van der Waals surface area contributed by atoms with Crippen molar-refractivity contribution in [2.75, 3.05) is 10.6 Å². The van der Waals surface area contributed by atoms with Crippen molar-refractivity contribution in [2.24, 2.45) is 0 Å². The molecule has 3 rings (SSSR count). The number of hydrogen-bond acceptors (Lipinski definition) is 6. The Morgan fingerprint density at radius 2 is 1.85 bits per heavy atom. The van der Waals surface area contributed by atoms with E-state index in [0.717, 1.165) is 51.4 Å². The van der Waals surface area contributed by atoms with Crippen LogP contribution in [0, 0.1) is 56.3 Å². The van der Waals surface area contributed by atoms with Gasteiger partial charge in [0.15, 0.2) is 0 Å². The van der Waals surface area contributed by atoms with Gasteiger partial charge in [-0.15, -0.1) is 0 Å². The topological polar surface area (TPSA) is 93.9 Å². The minimum absolute atomic E-state index is 0. The fraction of sp³-hybridized carbons (Fsp3) is 0.632. The van der Waals surface area contributed by atoms with Gasteiger partial charge in [0.2, 0.25) is 5.95 Å². The minimum atomic E-state index is -0.270. The second-order valence-electron chi connectivity index (χ2n) is 6.87. The molecule has 2 fully saturated rings. The molecule has 1 heterocycles. The maximum atomic E-state index is 9.98. The minimum Gasteiger partial charge on any atom is -0.393 e. The molecule has 7 heteroatoms. The number of nitriles is 1. The van der Waals surface area contributed by atoms with E-state index < -0.39 is 0 Å². The van der Waals surface area contributed by atoms with Crippen LogP contribution in [0.25, 0.3) is 0 Å². The Labute approximate surface area is 181 Å². The number of nitrogens with zero attached hydrogens (tertiary/aromatic N) is 3. The van der Waals surface area contributed by atoms with E-state index in [1.54, 1.807) is 6.20 Å². The molecule has 0 saturated heterocycles. The summed E-state index contributed by atoms with van der Waals surface area (Å²) >= 11 is 0. The smallest absolute Gasteiger partial charge is 0.393 e. The third kappa shape index (κ3) is 6.73. The zero-order valence-electron chi connectivity index (χ0n) is 15.5. The largest absolute Gasteiger partial charge is 2.00 e. The maximum absolute atomic E-state index is 9.98. The van der Waals surface area contributed by atoms with Gasteiger partial charge in [-0.2, -0.15) is 23.1 Å². The molecule has 1 aromatic rings. The Kier molecular flexibility index (Phi) is 10.5. The van der Waals surface area contributed by atoms with Crippen molar-refractivity contribution >= 4 is 11.8 Å². The molecule has 6 nitrogen and oxygen atoms in total. The van der Waals surface area contributed by atoms with Crippen LogP contribution in [0.1, 0.15) is 63.4 Å². The van der Waals surface area contributed by atoms with Gasteiger partial charge >= 0.3 is 31.1 Å². The average Bonchev–Trinajstić information content (AvgIpc) is 2.80. The van der Waals surface area contributed by atoms with Crippen LogP contribution < -0.4 is 10.6 Å². The average molecular weight is 582 g/mol. The Bertz CT molecular complexity index is 586. The molecular weight excluding hydrogens is 552 g/mol. The Morgan fingerprint density at radius 1 is 1.12 bits per heavy atom. The molecule has 3 N–H and O–H groups in total. The van der Waals surface area contributed by atoms with Crippen molar-refractivity contribution in [3.63, 3.8) is 0 Å². The van der Waals surface area contributed by atoms with Gasteiger partial charge in [0.05, 0.1) is 12.3 Å². The molecule has 2 aliphatic carbocycles. The molecule has 0 spiro atoms. The predicted octanol–water partition coefficient (Wildman–Crippen LogP) is 3.46. The summed E-state index contributed by atoms with van der Waals surface area (Å²) in [5.41, 5.74) is 0.455. The number of aromatic nitrogens is 2. The van der Waals surface area contributed by atoms with E-state index in [9.17, 15) is 10.4 Å². The Hall–Kier alpha value is -0.818. The normalized spacial score (nSPS) is 23.5. The van der Waals surface area contributed by atoms with Crippen molar-refractivity contribution < 1.29 is 36.2 Å². The predicted molar refractivity (Wildman–Crippen MR) is 99.8 cm³/mol. The summed E-state index contributed by atoms with van der Waals surface area (Å²) in [5, 5.41) is 26.1. The Balaban J connectivity index is 0.00000169. The van der Waals surface area contributed by atoms with Gasteiger partial charge in [-0.3, -0.25) is 0 Å². The van der Waals surface area contributed by atoms with Crippen LogP contribution in [0.4, 0.5) is 11.8 Å². The van der Waals surface area contributed by atoms with E-state index >= 15 is 0 Å². The third-order valence-electron chi connectivity index (χ3n) is 4.92. The van der Waals surface area contributed by atoms with Crippen molar-refractivity contribution in [1.82, 2.24) is 9.97 Å². The summed E-state index contributed by atoms with van der Waals surface area (Å²) in [6.45, 7) is 0. The number of anilines is 2. The summed E-state index contributed by atoms with van der Waals surface area (Å²) in [6.07, 6.45) is 12.8. The zero-order valence-corrected chi connectivity index (χ0v) is 19.7. The van der Waals surface area contributed by atoms with Gasteiger partial charge in [-0.1, -0.05) is 25.7 Å². The van der Waals surface area contributed by atoms with E-state index in [-0.39, 0.29) is 50.7 Å². The van der Waals surface area contributed by atoms with Crippen LogP contribution in [-0.2, 0) is 0 Å². The first-order chi connectivity index (χ1) is 11.7. The Morgan fingerprint density at radius 3 is 2.58 bits per heavy atom. The first-order valence-corrected chi connectivity index (χ1v) is 9.04. The molecule has 2 saturated carbocycles. The van der Waals surface area contributed by atoms with Gasteiger partial charge in [0.25, 0.3) is 0 Å². The fourth-order valence-electron chi connectivity index (χ4n) is 3.56. The number of hydrogen-bond donors (Lipinski definition) is 3. The van der Waals surface area contributed by atoms with Crippen LogP contribution in [-0.4, -0.2) is 33.3 Å². The molecule has 2 aliphatic rings. The van der Waals surface area contributed by atoms with E-state index in [2.05, 4.69) is 33.1 Å². The zero-order chi connectivity index (χ0) is 16.8. The number of nitrogens with one attached hydrogen (secondary N) is 2. The summed E-state index contributed by atoms with van der Waals surface area (Å²) in [7, 11) is 0. The monoisotopic (exact) mass is 581 g/mol. The van der Waals surface area contributed by atoms with E-state index in [1.807, 2.05) is 0 Å². The first kappa shape index (κ1) is 23.2. The second-order valence-corrected chi connectivity index (χ2v) is 6.87. The van der Waals surface area contributed by atoms with Crippen molar-refractivity contribution in [3.8, 4) is 6.07 Å². The van der Waals surface area contributed by atoms with Gasteiger partial charge in [0, 0.05) is 12.1 Å². The van der Waals surface area contributed by atoms with Gasteiger partial charge < -0.3 is 29.6 Å². The van der Waals surface area contributed by atoms with Gasteiger partial charge in [-0.25, -0.2) is 4.98 Å². The molecular formula is C19H29N5OU. The van der Waals surface area contributed by atoms with Crippen molar-refractivity contribution in [2.45, 2.75) is 76.0 Å².